The van der Waals surface area contributed by atoms with Gasteiger partial charge in [-0.1, -0.05) is 0 Å². The third kappa shape index (κ3) is 2.04. The smallest absolute Gasteiger partial charge is 0.371 e. The van der Waals surface area contributed by atoms with E-state index in [1.807, 2.05) is 6.07 Å². The van der Waals surface area contributed by atoms with Crippen LogP contribution in [-0.4, -0.2) is 18.2 Å². The van der Waals surface area contributed by atoms with Gasteiger partial charge < -0.3 is 14.3 Å². The molecule has 5 heteroatoms. The molecule has 5 nitrogen and oxygen atoms in total. The maximum atomic E-state index is 10.7. The van der Waals surface area contributed by atoms with E-state index in [1.165, 1.54) is 19.2 Å². The van der Waals surface area contributed by atoms with Crippen LogP contribution in [0.3, 0.4) is 0 Å². The van der Waals surface area contributed by atoms with Crippen LogP contribution in [0.4, 0.5) is 0 Å². The molecular formula is C13H9NO4. The molecule has 0 saturated heterocycles. The van der Waals surface area contributed by atoms with E-state index in [0.717, 1.165) is 0 Å². The fourth-order valence-electron chi connectivity index (χ4n) is 1.57. The number of carboxylic acids is 1. The van der Waals surface area contributed by atoms with Gasteiger partial charge in [-0.25, -0.2) is 4.79 Å². The summed E-state index contributed by atoms with van der Waals surface area (Å²) in [7, 11) is 1.49. The van der Waals surface area contributed by atoms with E-state index in [-0.39, 0.29) is 5.76 Å². The minimum Gasteiger partial charge on any atom is -0.496 e. The molecule has 0 spiro atoms. The summed E-state index contributed by atoms with van der Waals surface area (Å²) in [6.45, 7) is 0. The molecule has 1 aromatic heterocycles. The van der Waals surface area contributed by atoms with Crippen molar-refractivity contribution in [2.24, 2.45) is 0 Å². The number of carboxylic acid groups (broad SMARTS) is 1. The molecule has 0 aliphatic rings. The molecule has 0 unspecified atom stereocenters. The Morgan fingerprint density at radius 1 is 1.39 bits per heavy atom. The van der Waals surface area contributed by atoms with Crippen LogP contribution >= 0.6 is 0 Å². The fourth-order valence-corrected chi connectivity index (χ4v) is 1.57. The van der Waals surface area contributed by atoms with Crippen molar-refractivity contribution in [1.29, 1.82) is 5.26 Å². The number of rotatable bonds is 3. The number of methoxy groups -OCH3 is 1. The highest BCUT2D eigenvalue weighted by Crippen LogP contribution is 2.32. The maximum Gasteiger partial charge on any atom is 0.371 e. The molecule has 1 aromatic carbocycles. The first-order valence-corrected chi connectivity index (χ1v) is 5.07. The maximum absolute atomic E-state index is 10.7. The topological polar surface area (TPSA) is 83.5 Å². The lowest BCUT2D eigenvalue weighted by molar-refractivity contribution is 0.0663. The van der Waals surface area contributed by atoms with Gasteiger partial charge in [0.2, 0.25) is 5.76 Å². The number of hydrogen-bond acceptors (Lipinski definition) is 4. The summed E-state index contributed by atoms with van der Waals surface area (Å²) in [5, 5.41) is 17.6. The molecule has 2 aromatic rings. The van der Waals surface area contributed by atoms with Crippen LogP contribution in [-0.2, 0) is 0 Å². The molecule has 0 saturated carbocycles. The predicted octanol–water partition coefficient (Wildman–Crippen LogP) is 2.53. The standard InChI is InChI=1S/C13H9NO4/c1-17-10-3-2-8(7-14)6-9(10)11-4-5-12(18-11)13(15)16/h2-6H,1H3,(H,15,16). The first kappa shape index (κ1) is 11.7. The highest BCUT2D eigenvalue weighted by Gasteiger charge is 2.14. The number of nitriles is 1. The second kappa shape index (κ2) is 4.63. The van der Waals surface area contributed by atoms with Crippen molar-refractivity contribution in [1.82, 2.24) is 0 Å². The average Bonchev–Trinajstić information content (AvgIpc) is 2.87. The minimum atomic E-state index is -1.14. The highest BCUT2D eigenvalue weighted by molar-refractivity contribution is 5.85. The SMILES string of the molecule is COc1ccc(C#N)cc1-c1ccc(C(=O)O)o1. The van der Waals surface area contributed by atoms with Gasteiger partial charge in [0.15, 0.2) is 0 Å². The van der Waals surface area contributed by atoms with Crippen LogP contribution in [0.15, 0.2) is 34.7 Å². The zero-order valence-corrected chi connectivity index (χ0v) is 9.51. The van der Waals surface area contributed by atoms with E-state index in [4.69, 9.17) is 19.5 Å². The van der Waals surface area contributed by atoms with Crippen molar-refractivity contribution in [3.63, 3.8) is 0 Å². The number of hydrogen-bond donors (Lipinski definition) is 1. The van der Waals surface area contributed by atoms with Gasteiger partial charge in [-0.15, -0.1) is 0 Å². The molecule has 0 atom stereocenters. The Labute approximate surface area is 103 Å². The molecule has 0 fully saturated rings. The van der Waals surface area contributed by atoms with Crippen LogP contribution in [0.5, 0.6) is 5.75 Å². The predicted molar refractivity (Wildman–Crippen MR) is 62.4 cm³/mol. The lowest BCUT2D eigenvalue weighted by Gasteiger charge is -2.06. The van der Waals surface area contributed by atoms with E-state index in [9.17, 15) is 4.79 Å². The molecule has 0 aliphatic heterocycles. The molecule has 1 N–H and O–H groups in total. The second-order valence-corrected chi connectivity index (χ2v) is 3.50. The summed E-state index contributed by atoms with van der Waals surface area (Å²) in [4.78, 5) is 10.7. The first-order chi connectivity index (χ1) is 8.65. The Morgan fingerprint density at radius 3 is 2.72 bits per heavy atom. The summed E-state index contributed by atoms with van der Waals surface area (Å²) < 4.78 is 10.3. The molecule has 0 bridgehead atoms. The monoisotopic (exact) mass is 243 g/mol. The Morgan fingerprint density at radius 2 is 2.17 bits per heavy atom. The van der Waals surface area contributed by atoms with Gasteiger partial charge in [-0.05, 0) is 30.3 Å². The van der Waals surface area contributed by atoms with E-state index < -0.39 is 5.97 Å². The largest absolute Gasteiger partial charge is 0.496 e. The minimum absolute atomic E-state index is 0.158. The number of benzene rings is 1. The molecular weight excluding hydrogens is 234 g/mol. The molecule has 90 valence electrons. The Kier molecular flexibility index (Phi) is 3.02. The lowest BCUT2D eigenvalue weighted by Crippen LogP contribution is -1.92. The van der Waals surface area contributed by atoms with Crippen LogP contribution in [0.25, 0.3) is 11.3 Å². The van der Waals surface area contributed by atoms with Gasteiger partial charge in [0.1, 0.15) is 11.5 Å². The van der Waals surface area contributed by atoms with Crippen molar-refractivity contribution in [2.75, 3.05) is 7.11 Å². The quantitative estimate of drug-likeness (QED) is 0.895. The van der Waals surface area contributed by atoms with Crippen LogP contribution in [0.2, 0.25) is 0 Å². The third-order valence-corrected chi connectivity index (χ3v) is 2.41. The van der Waals surface area contributed by atoms with Gasteiger partial charge in [0.25, 0.3) is 0 Å². The number of furan rings is 1. The van der Waals surface area contributed by atoms with Crippen LogP contribution in [0, 0.1) is 11.3 Å². The molecule has 0 radical (unpaired) electrons. The number of nitrogens with zero attached hydrogens (tertiary/aromatic N) is 1. The second-order valence-electron chi connectivity index (χ2n) is 3.50. The van der Waals surface area contributed by atoms with Gasteiger partial charge in [0, 0.05) is 0 Å². The summed E-state index contributed by atoms with van der Waals surface area (Å²) in [6, 6.07) is 9.73. The molecule has 2 rings (SSSR count). The van der Waals surface area contributed by atoms with E-state index in [2.05, 4.69) is 0 Å². The van der Waals surface area contributed by atoms with Gasteiger partial charge in [-0.2, -0.15) is 5.26 Å². The fraction of sp³-hybridized carbons (Fsp3) is 0.0769. The van der Waals surface area contributed by atoms with E-state index in [0.29, 0.717) is 22.6 Å². The number of ether oxygens (including phenoxy) is 1. The number of aromatic carboxylic acids is 1. The summed E-state index contributed by atoms with van der Waals surface area (Å²) in [5.74, 6) is -0.437. The van der Waals surface area contributed by atoms with Crippen molar-refractivity contribution in [2.45, 2.75) is 0 Å². The average molecular weight is 243 g/mol. The first-order valence-electron chi connectivity index (χ1n) is 5.07. The molecule has 1 heterocycles. The van der Waals surface area contributed by atoms with Gasteiger partial charge >= 0.3 is 5.97 Å². The van der Waals surface area contributed by atoms with Crippen molar-refractivity contribution in [3.8, 4) is 23.1 Å². The van der Waals surface area contributed by atoms with Crippen LogP contribution < -0.4 is 4.74 Å². The summed E-state index contributed by atoms with van der Waals surface area (Å²) in [6.07, 6.45) is 0. The Bertz CT molecular complexity index is 637. The van der Waals surface area contributed by atoms with E-state index >= 15 is 0 Å². The summed E-state index contributed by atoms with van der Waals surface area (Å²) in [5.41, 5.74) is 0.989. The molecule has 0 amide bonds. The van der Waals surface area contributed by atoms with Crippen molar-refractivity contribution < 1.29 is 19.1 Å². The van der Waals surface area contributed by atoms with Crippen molar-refractivity contribution in [3.05, 3.63) is 41.7 Å². The van der Waals surface area contributed by atoms with Gasteiger partial charge in [0.05, 0.1) is 24.3 Å². The number of carbonyl (C=O) groups is 1. The van der Waals surface area contributed by atoms with Crippen molar-refractivity contribution >= 4 is 5.97 Å². The van der Waals surface area contributed by atoms with E-state index in [1.54, 1.807) is 18.2 Å². The lowest BCUT2D eigenvalue weighted by atomic mass is 10.1. The normalized spacial score (nSPS) is 9.78. The van der Waals surface area contributed by atoms with Crippen LogP contribution in [0.1, 0.15) is 16.1 Å². The summed E-state index contributed by atoms with van der Waals surface area (Å²) >= 11 is 0. The Balaban J connectivity index is 2.54. The zero-order valence-electron chi connectivity index (χ0n) is 9.51. The third-order valence-electron chi connectivity index (χ3n) is 2.41. The molecule has 0 aliphatic carbocycles. The zero-order chi connectivity index (χ0) is 13.1. The molecule has 18 heavy (non-hydrogen) atoms. The Hall–Kier alpha value is -2.74. The van der Waals surface area contributed by atoms with Gasteiger partial charge in [-0.3, -0.25) is 0 Å². The highest BCUT2D eigenvalue weighted by atomic mass is 16.5.